The van der Waals surface area contributed by atoms with Gasteiger partial charge in [-0.2, -0.15) is 0 Å². The van der Waals surface area contributed by atoms with E-state index in [-0.39, 0.29) is 5.88 Å². The molecule has 15 heavy (non-hydrogen) atoms. The third-order valence-corrected chi connectivity index (χ3v) is 5.53. The maximum atomic E-state index is 11.9. The molecule has 2 rings (SSSR count). The van der Waals surface area contributed by atoms with Crippen LogP contribution in [-0.2, 0) is 9.84 Å². The van der Waals surface area contributed by atoms with Crippen molar-refractivity contribution in [1.82, 2.24) is 10.2 Å². The Labute approximate surface area is 93.8 Å². The highest BCUT2D eigenvalue weighted by molar-refractivity contribution is 7.93. The highest BCUT2D eigenvalue weighted by atomic mass is 32.2. The van der Waals surface area contributed by atoms with Gasteiger partial charge in [0.2, 0.25) is 9.84 Å². The first kappa shape index (κ1) is 11.1. The van der Waals surface area contributed by atoms with E-state index in [2.05, 4.69) is 5.32 Å². The van der Waals surface area contributed by atoms with Gasteiger partial charge >= 0.3 is 0 Å². The van der Waals surface area contributed by atoms with Crippen molar-refractivity contribution in [3.8, 4) is 0 Å². The van der Waals surface area contributed by atoms with Crippen LogP contribution in [0.3, 0.4) is 0 Å². The Hall–Kier alpha value is -0.430. The number of rotatable bonds is 3. The lowest BCUT2D eigenvalue weighted by Gasteiger charge is -2.26. The molecule has 2 heterocycles. The second-order valence-electron chi connectivity index (χ2n) is 3.54. The number of hydrogen-bond donors (Lipinski definition) is 1. The Kier molecular flexibility index (Phi) is 3.40. The third kappa shape index (κ3) is 2.78. The van der Waals surface area contributed by atoms with Gasteiger partial charge in [-0.25, -0.2) is 8.42 Å². The molecule has 1 N–H and O–H groups in total. The fourth-order valence-electron chi connectivity index (χ4n) is 1.58. The molecule has 1 aliphatic heterocycles. The van der Waals surface area contributed by atoms with E-state index in [1.54, 1.807) is 17.5 Å². The number of nitrogens with zero attached hydrogens (tertiary/aromatic N) is 1. The first-order valence-corrected chi connectivity index (χ1v) is 7.41. The van der Waals surface area contributed by atoms with Crippen LogP contribution in [0.5, 0.6) is 0 Å². The van der Waals surface area contributed by atoms with Gasteiger partial charge in [0.25, 0.3) is 0 Å². The maximum absolute atomic E-state index is 11.9. The molecule has 0 amide bonds. The van der Waals surface area contributed by atoms with E-state index >= 15 is 0 Å². The van der Waals surface area contributed by atoms with E-state index in [1.165, 1.54) is 11.3 Å². The SMILES string of the molecule is O=S(=O)(CN1CCNCC1)c1cccs1. The zero-order valence-corrected chi connectivity index (χ0v) is 9.98. The molecule has 4 nitrogen and oxygen atoms in total. The van der Waals surface area contributed by atoms with Crippen LogP contribution in [0.1, 0.15) is 0 Å². The van der Waals surface area contributed by atoms with E-state index < -0.39 is 9.84 Å². The van der Waals surface area contributed by atoms with Crippen molar-refractivity contribution in [2.45, 2.75) is 4.21 Å². The third-order valence-electron chi connectivity index (χ3n) is 2.36. The first-order chi connectivity index (χ1) is 7.18. The molecule has 1 aliphatic rings. The van der Waals surface area contributed by atoms with Crippen LogP contribution in [0.4, 0.5) is 0 Å². The number of thiophene rings is 1. The Morgan fingerprint density at radius 2 is 2.13 bits per heavy atom. The molecule has 0 aromatic carbocycles. The molecule has 84 valence electrons. The average Bonchev–Trinajstić information content (AvgIpc) is 2.71. The fraction of sp³-hybridized carbons (Fsp3) is 0.556. The summed E-state index contributed by atoms with van der Waals surface area (Å²) in [5.41, 5.74) is 0. The van der Waals surface area contributed by atoms with Crippen molar-refractivity contribution < 1.29 is 8.42 Å². The fourth-order valence-corrected chi connectivity index (χ4v) is 4.10. The van der Waals surface area contributed by atoms with Crippen LogP contribution in [0, 0.1) is 0 Å². The topological polar surface area (TPSA) is 49.4 Å². The second-order valence-corrected chi connectivity index (χ2v) is 6.68. The molecule has 1 fully saturated rings. The standard InChI is InChI=1S/C9H14N2O2S2/c12-15(13,9-2-1-7-14-9)8-11-5-3-10-4-6-11/h1-2,7,10H,3-6,8H2. The Morgan fingerprint density at radius 3 is 2.73 bits per heavy atom. The summed E-state index contributed by atoms with van der Waals surface area (Å²) in [5.74, 6) is 0.148. The number of nitrogens with one attached hydrogen (secondary N) is 1. The molecule has 1 saturated heterocycles. The number of hydrogen-bond acceptors (Lipinski definition) is 5. The molecule has 0 bridgehead atoms. The van der Waals surface area contributed by atoms with Crippen LogP contribution in [-0.4, -0.2) is 45.4 Å². The quantitative estimate of drug-likeness (QED) is 0.838. The predicted octanol–water partition coefficient (Wildman–Crippen LogP) is 0.384. The molecule has 1 aromatic heterocycles. The summed E-state index contributed by atoms with van der Waals surface area (Å²) < 4.78 is 24.3. The molecule has 0 atom stereocenters. The van der Waals surface area contributed by atoms with Crippen molar-refractivity contribution in [3.05, 3.63) is 17.5 Å². The minimum Gasteiger partial charge on any atom is -0.314 e. The summed E-state index contributed by atoms with van der Waals surface area (Å²) in [7, 11) is -3.10. The zero-order valence-electron chi connectivity index (χ0n) is 8.35. The van der Waals surface area contributed by atoms with Crippen molar-refractivity contribution in [3.63, 3.8) is 0 Å². The summed E-state index contributed by atoms with van der Waals surface area (Å²) in [4.78, 5) is 1.98. The van der Waals surface area contributed by atoms with Crippen LogP contribution in [0.15, 0.2) is 21.7 Å². The minimum atomic E-state index is -3.10. The molecule has 0 unspecified atom stereocenters. The van der Waals surface area contributed by atoms with Gasteiger partial charge < -0.3 is 5.32 Å². The van der Waals surface area contributed by atoms with Crippen LogP contribution >= 0.6 is 11.3 Å². The van der Waals surface area contributed by atoms with Gasteiger partial charge in [-0.3, -0.25) is 4.90 Å². The van der Waals surface area contributed by atoms with Crippen molar-refractivity contribution in [2.75, 3.05) is 32.1 Å². The molecule has 6 heteroatoms. The van der Waals surface area contributed by atoms with E-state index in [0.717, 1.165) is 26.2 Å². The van der Waals surface area contributed by atoms with Gasteiger partial charge in [-0.05, 0) is 11.4 Å². The van der Waals surface area contributed by atoms with Gasteiger partial charge in [0.15, 0.2) is 0 Å². The summed E-state index contributed by atoms with van der Waals surface area (Å²) in [6, 6.07) is 3.44. The monoisotopic (exact) mass is 246 g/mol. The van der Waals surface area contributed by atoms with Crippen molar-refractivity contribution >= 4 is 21.2 Å². The molecule has 1 aromatic rings. The molecule has 0 saturated carbocycles. The highest BCUT2D eigenvalue weighted by Crippen LogP contribution is 2.18. The maximum Gasteiger partial charge on any atom is 0.200 e. The van der Waals surface area contributed by atoms with Crippen molar-refractivity contribution in [2.24, 2.45) is 0 Å². The lowest BCUT2D eigenvalue weighted by atomic mass is 10.4. The van der Waals surface area contributed by atoms with Gasteiger partial charge in [-0.1, -0.05) is 6.07 Å². The predicted molar refractivity (Wildman–Crippen MR) is 60.8 cm³/mol. The Balaban J connectivity index is 2.04. The molecule has 0 spiro atoms. The second kappa shape index (κ2) is 4.61. The van der Waals surface area contributed by atoms with Crippen molar-refractivity contribution in [1.29, 1.82) is 0 Å². The summed E-state index contributed by atoms with van der Waals surface area (Å²) >= 11 is 1.29. The van der Waals surface area contributed by atoms with Gasteiger partial charge in [-0.15, -0.1) is 11.3 Å². The zero-order chi connectivity index (χ0) is 10.7. The lowest BCUT2D eigenvalue weighted by Crippen LogP contribution is -2.45. The number of piperazine rings is 1. The van der Waals surface area contributed by atoms with Crippen LogP contribution in [0.25, 0.3) is 0 Å². The first-order valence-electron chi connectivity index (χ1n) is 4.88. The smallest absolute Gasteiger partial charge is 0.200 e. The van der Waals surface area contributed by atoms with E-state index in [1.807, 2.05) is 4.90 Å². The van der Waals surface area contributed by atoms with Gasteiger partial charge in [0.1, 0.15) is 10.1 Å². The van der Waals surface area contributed by atoms with Crippen LogP contribution < -0.4 is 5.32 Å². The summed E-state index contributed by atoms with van der Waals surface area (Å²) in [6.07, 6.45) is 0. The lowest BCUT2D eigenvalue weighted by molar-refractivity contribution is 0.274. The summed E-state index contributed by atoms with van der Waals surface area (Å²) in [6.45, 7) is 3.37. The van der Waals surface area contributed by atoms with E-state index in [0.29, 0.717) is 4.21 Å². The van der Waals surface area contributed by atoms with E-state index in [4.69, 9.17) is 0 Å². The molecular formula is C9H14N2O2S2. The molecular weight excluding hydrogens is 232 g/mol. The minimum absolute atomic E-state index is 0.148. The van der Waals surface area contributed by atoms with Gasteiger partial charge in [0, 0.05) is 26.2 Å². The largest absolute Gasteiger partial charge is 0.314 e. The highest BCUT2D eigenvalue weighted by Gasteiger charge is 2.21. The normalized spacial score (nSPS) is 19.2. The number of sulfone groups is 1. The Morgan fingerprint density at radius 1 is 1.40 bits per heavy atom. The average molecular weight is 246 g/mol. The molecule has 0 aliphatic carbocycles. The molecule has 0 radical (unpaired) electrons. The van der Waals surface area contributed by atoms with Gasteiger partial charge in [0.05, 0.1) is 0 Å². The Bertz CT molecular complexity index is 394. The van der Waals surface area contributed by atoms with Crippen LogP contribution in [0.2, 0.25) is 0 Å². The summed E-state index contributed by atoms with van der Waals surface area (Å²) in [5, 5.41) is 5.00. The van der Waals surface area contributed by atoms with E-state index in [9.17, 15) is 8.42 Å².